The van der Waals surface area contributed by atoms with Gasteiger partial charge in [-0.15, -0.1) is 0 Å². The van der Waals surface area contributed by atoms with Gasteiger partial charge in [0.25, 0.3) is 0 Å². The predicted octanol–water partition coefficient (Wildman–Crippen LogP) is 2.33. The number of hydrogen-bond acceptors (Lipinski definition) is 4. The molecule has 0 aliphatic carbocycles. The minimum Gasteiger partial charge on any atom is -0.454 e. The topological polar surface area (TPSA) is 53.4 Å². The second kappa shape index (κ2) is 4.34. The highest BCUT2D eigenvalue weighted by Crippen LogP contribution is 2.38. The van der Waals surface area contributed by atoms with Gasteiger partial charge >= 0.3 is 5.69 Å². The van der Waals surface area contributed by atoms with E-state index in [-0.39, 0.29) is 12.5 Å². The van der Waals surface area contributed by atoms with Gasteiger partial charge in [-0.1, -0.05) is 30.3 Å². The van der Waals surface area contributed by atoms with E-state index in [1.165, 1.54) is 4.57 Å². The first-order valence-electron chi connectivity index (χ1n) is 6.60. The monoisotopic (exact) mass is 280 g/mol. The van der Waals surface area contributed by atoms with Crippen molar-refractivity contribution in [3.63, 3.8) is 0 Å². The molecule has 104 valence electrons. The lowest BCUT2D eigenvalue weighted by Gasteiger charge is -2.10. The van der Waals surface area contributed by atoms with Crippen molar-refractivity contribution in [2.24, 2.45) is 7.05 Å². The van der Waals surface area contributed by atoms with Crippen molar-refractivity contribution in [3.05, 3.63) is 52.9 Å². The molecule has 0 saturated heterocycles. The van der Waals surface area contributed by atoms with E-state index in [1.807, 2.05) is 42.5 Å². The zero-order chi connectivity index (χ0) is 14.4. The second-order valence-electron chi connectivity index (χ2n) is 4.89. The molecule has 5 nitrogen and oxygen atoms in total. The molecule has 1 aliphatic heterocycles. The average molecular weight is 280 g/mol. The molecule has 0 spiro atoms. The van der Waals surface area contributed by atoms with E-state index in [2.05, 4.69) is 4.98 Å². The molecule has 0 amide bonds. The third-order valence-electron chi connectivity index (χ3n) is 3.65. The number of rotatable bonds is 1. The van der Waals surface area contributed by atoms with Crippen LogP contribution in [0.3, 0.4) is 0 Å². The molecule has 2 aromatic carbocycles. The summed E-state index contributed by atoms with van der Waals surface area (Å²) >= 11 is 0. The predicted molar refractivity (Wildman–Crippen MR) is 78.5 cm³/mol. The molecule has 4 rings (SSSR count). The lowest BCUT2D eigenvalue weighted by Crippen LogP contribution is -2.21. The summed E-state index contributed by atoms with van der Waals surface area (Å²) in [6, 6.07) is 13.4. The number of fused-ring (bicyclic) bond motifs is 2. The highest BCUT2D eigenvalue weighted by atomic mass is 16.7. The Labute approximate surface area is 120 Å². The zero-order valence-electron chi connectivity index (χ0n) is 11.4. The van der Waals surface area contributed by atoms with Crippen molar-refractivity contribution in [3.8, 4) is 22.8 Å². The van der Waals surface area contributed by atoms with Crippen molar-refractivity contribution in [1.82, 2.24) is 9.55 Å². The lowest BCUT2D eigenvalue weighted by molar-refractivity contribution is 0.174. The Hall–Kier alpha value is -2.82. The van der Waals surface area contributed by atoms with Gasteiger partial charge in [0.05, 0.1) is 11.2 Å². The molecule has 0 unspecified atom stereocenters. The van der Waals surface area contributed by atoms with Crippen LogP contribution in [0.5, 0.6) is 11.5 Å². The molecule has 2 heterocycles. The van der Waals surface area contributed by atoms with Crippen molar-refractivity contribution in [2.75, 3.05) is 6.79 Å². The fraction of sp³-hybridized carbons (Fsp3) is 0.125. The maximum atomic E-state index is 12.1. The standard InChI is InChI=1S/C16H12N2O3/c1-18-12-8-14-13(20-9-21-14)7-11(12)15(17-16(18)19)10-5-3-2-4-6-10/h2-8H,9H2,1H3. The molecule has 0 radical (unpaired) electrons. The van der Waals surface area contributed by atoms with Crippen LogP contribution >= 0.6 is 0 Å². The van der Waals surface area contributed by atoms with Crippen LogP contribution in [0.4, 0.5) is 0 Å². The normalized spacial score (nSPS) is 12.8. The number of aryl methyl sites for hydroxylation is 1. The highest BCUT2D eigenvalue weighted by Gasteiger charge is 2.18. The minimum absolute atomic E-state index is 0.202. The lowest BCUT2D eigenvalue weighted by atomic mass is 10.1. The maximum Gasteiger partial charge on any atom is 0.348 e. The Balaban J connectivity index is 2.12. The van der Waals surface area contributed by atoms with Crippen molar-refractivity contribution in [2.45, 2.75) is 0 Å². The Kier molecular flexibility index (Phi) is 2.47. The van der Waals surface area contributed by atoms with E-state index < -0.39 is 0 Å². The van der Waals surface area contributed by atoms with E-state index in [0.717, 1.165) is 16.5 Å². The van der Waals surface area contributed by atoms with Crippen molar-refractivity contribution < 1.29 is 9.47 Å². The summed E-state index contributed by atoms with van der Waals surface area (Å²) in [4.78, 5) is 16.3. The summed E-state index contributed by atoms with van der Waals surface area (Å²) in [5.74, 6) is 1.34. The summed E-state index contributed by atoms with van der Waals surface area (Å²) in [5.41, 5.74) is 2.05. The fourth-order valence-corrected chi connectivity index (χ4v) is 2.55. The van der Waals surface area contributed by atoms with Crippen LogP contribution in [0.25, 0.3) is 22.2 Å². The number of nitrogens with zero attached hydrogens (tertiary/aromatic N) is 2. The molecule has 0 atom stereocenters. The van der Waals surface area contributed by atoms with Crippen LogP contribution in [0.15, 0.2) is 47.3 Å². The first-order chi connectivity index (χ1) is 10.2. The van der Waals surface area contributed by atoms with Crippen LogP contribution in [-0.2, 0) is 7.05 Å². The SMILES string of the molecule is Cn1c(=O)nc(-c2ccccc2)c2cc3c(cc21)OCO3. The van der Waals surface area contributed by atoms with Crippen LogP contribution in [0.1, 0.15) is 0 Å². The molecule has 1 aromatic heterocycles. The van der Waals surface area contributed by atoms with Crippen molar-refractivity contribution in [1.29, 1.82) is 0 Å². The number of ether oxygens (including phenoxy) is 2. The van der Waals surface area contributed by atoms with Gasteiger partial charge in [0.2, 0.25) is 6.79 Å². The van der Waals surface area contributed by atoms with Gasteiger partial charge in [-0.2, -0.15) is 4.98 Å². The smallest absolute Gasteiger partial charge is 0.348 e. The van der Waals surface area contributed by atoms with E-state index in [9.17, 15) is 4.79 Å². The van der Waals surface area contributed by atoms with E-state index in [0.29, 0.717) is 17.2 Å². The first kappa shape index (κ1) is 12.0. The van der Waals surface area contributed by atoms with Gasteiger partial charge in [-0.25, -0.2) is 4.79 Å². The van der Waals surface area contributed by atoms with Crippen LogP contribution < -0.4 is 15.2 Å². The number of aromatic nitrogens is 2. The molecular weight excluding hydrogens is 268 g/mol. The zero-order valence-corrected chi connectivity index (χ0v) is 11.4. The molecule has 0 bridgehead atoms. The molecule has 0 N–H and O–H groups in total. The largest absolute Gasteiger partial charge is 0.454 e. The van der Waals surface area contributed by atoms with Crippen LogP contribution in [-0.4, -0.2) is 16.3 Å². The molecule has 0 saturated carbocycles. The third-order valence-corrected chi connectivity index (χ3v) is 3.65. The summed E-state index contributed by atoms with van der Waals surface area (Å²) in [6.45, 7) is 0.202. The summed E-state index contributed by atoms with van der Waals surface area (Å²) in [5, 5.41) is 0.868. The first-order valence-corrected chi connectivity index (χ1v) is 6.60. The van der Waals surface area contributed by atoms with Crippen LogP contribution in [0, 0.1) is 0 Å². The third kappa shape index (κ3) is 1.78. The van der Waals surface area contributed by atoms with Crippen molar-refractivity contribution >= 4 is 10.9 Å². The molecule has 0 fully saturated rings. The Morgan fingerprint density at radius 2 is 1.81 bits per heavy atom. The quantitative estimate of drug-likeness (QED) is 0.686. The number of hydrogen-bond donors (Lipinski definition) is 0. The molecule has 3 aromatic rings. The van der Waals surface area contributed by atoms with Gasteiger partial charge in [0, 0.05) is 24.1 Å². The van der Waals surface area contributed by atoms with E-state index in [4.69, 9.17) is 9.47 Å². The molecule has 5 heteroatoms. The number of benzene rings is 2. The van der Waals surface area contributed by atoms with Gasteiger partial charge in [-0.3, -0.25) is 4.57 Å². The molecule has 21 heavy (non-hydrogen) atoms. The summed E-state index contributed by atoms with van der Waals surface area (Å²) < 4.78 is 12.3. The highest BCUT2D eigenvalue weighted by molar-refractivity contribution is 5.94. The van der Waals surface area contributed by atoms with Gasteiger partial charge < -0.3 is 9.47 Å². The Morgan fingerprint density at radius 3 is 2.57 bits per heavy atom. The summed E-state index contributed by atoms with van der Waals surface area (Å²) in [7, 11) is 1.70. The van der Waals surface area contributed by atoms with E-state index in [1.54, 1.807) is 7.05 Å². The van der Waals surface area contributed by atoms with Gasteiger partial charge in [-0.05, 0) is 6.07 Å². The average Bonchev–Trinajstić information content (AvgIpc) is 2.97. The second-order valence-corrected chi connectivity index (χ2v) is 4.89. The van der Waals surface area contributed by atoms with E-state index >= 15 is 0 Å². The Morgan fingerprint density at radius 1 is 1.10 bits per heavy atom. The maximum absolute atomic E-state index is 12.1. The molecule has 1 aliphatic rings. The minimum atomic E-state index is -0.291. The van der Waals surface area contributed by atoms with Gasteiger partial charge in [0.1, 0.15) is 0 Å². The fourth-order valence-electron chi connectivity index (χ4n) is 2.55. The van der Waals surface area contributed by atoms with Gasteiger partial charge in [0.15, 0.2) is 11.5 Å². The summed E-state index contributed by atoms with van der Waals surface area (Å²) in [6.07, 6.45) is 0. The van der Waals surface area contributed by atoms with Crippen LogP contribution in [0.2, 0.25) is 0 Å². The Bertz CT molecular complexity index is 901. The molecular formula is C16H12N2O3.